The molecule has 0 atom stereocenters. The molecule has 128 valence electrons. The van der Waals surface area contributed by atoms with Gasteiger partial charge in [-0.05, 0) is 30.9 Å². The fourth-order valence-corrected chi connectivity index (χ4v) is 3.54. The van der Waals surface area contributed by atoms with E-state index in [-0.39, 0.29) is 17.5 Å². The van der Waals surface area contributed by atoms with Crippen molar-refractivity contribution in [2.24, 2.45) is 5.92 Å². The average molecular weight is 348 g/mol. The van der Waals surface area contributed by atoms with E-state index in [1.807, 2.05) is 0 Å². The molecule has 2 aromatic rings. The van der Waals surface area contributed by atoms with E-state index in [9.17, 15) is 9.18 Å². The van der Waals surface area contributed by atoms with Gasteiger partial charge in [0.25, 0.3) is 0 Å². The van der Waals surface area contributed by atoms with Crippen LogP contribution >= 0.6 is 11.8 Å². The lowest BCUT2D eigenvalue weighted by atomic mass is 9.89. The summed E-state index contributed by atoms with van der Waals surface area (Å²) < 4.78 is 13.7. The molecule has 1 saturated carbocycles. The minimum absolute atomic E-state index is 0.0113. The fraction of sp³-hybridized carbons (Fsp3) is 0.471. The zero-order valence-electron chi connectivity index (χ0n) is 13.4. The van der Waals surface area contributed by atoms with E-state index < -0.39 is 0 Å². The van der Waals surface area contributed by atoms with Crippen molar-refractivity contribution in [3.05, 3.63) is 30.1 Å². The number of carbonyl (C=O) groups is 1. The van der Waals surface area contributed by atoms with Gasteiger partial charge in [-0.25, -0.2) is 9.37 Å². The van der Waals surface area contributed by atoms with Crippen LogP contribution in [0.5, 0.6) is 0 Å². The standard InChI is InChI=1S/C17H21FN4OS/c18-14-9-5-4-8-13(14)16-20-17(22-21-16)24-11-15(23)19-10-12-6-2-1-3-7-12/h4-5,8-9,12H,1-3,6-7,10-11H2,(H,19,23)(H,20,21,22). The molecular formula is C17H21FN4OS. The van der Waals surface area contributed by atoms with Crippen LogP contribution in [0.2, 0.25) is 0 Å². The molecule has 1 aromatic carbocycles. The molecular weight excluding hydrogens is 327 g/mol. The van der Waals surface area contributed by atoms with Crippen LogP contribution in [-0.2, 0) is 4.79 Å². The van der Waals surface area contributed by atoms with E-state index in [0.29, 0.717) is 22.5 Å². The highest BCUT2D eigenvalue weighted by atomic mass is 32.2. The Morgan fingerprint density at radius 1 is 1.29 bits per heavy atom. The molecule has 2 N–H and O–H groups in total. The first-order chi connectivity index (χ1) is 11.7. The molecule has 1 fully saturated rings. The van der Waals surface area contributed by atoms with Crippen molar-refractivity contribution in [2.45, 2.75) is 37.3 Å². The van der Waals surface area contributed by atoms with E-state index >= 15 is 0 Å². The monoisotopic (exact) mass is 348 g/mol. The Morgan fingerprint density at radius 3 is 2.88 bits per heavy atom. The van der Waals surface area contributed by atoms with Gasteiger partial charge in [-0.3, -0.25) is 9.89 Å². The number of thioether (sulfide) groups is 1. The molecule has 1 aliphatic rings. The Kier molecular flexibility index (Phi) is 5.85. The van der Waals surface area contributed by atoms with Gasteiger partial charge in [0.1, 0.15) is 5.82 Å². The third-order valence-corrected chi connectivity index (χ3v) is 5.09. The van der Waals surface area contributed by atoms with E-state index in [0.717, 1.165) is 6.54 Å². The summed E-state index contributed by atoms with van der Waals surface area (Å²) in [5.74, 6) is 0.890. The molecule has 0 bridgehead atoms. The Labute approximate surface area is 144 Å². The van der Waals surface area contributed by atoms with Gasteiger partial charge in [0.15, 0.2) is 5.82 Å². The quantitative estimate of drug-likeness (QED) is 0.785. The Bertz CT molecular complexity index is 685. The molecule has 5 nitrogen and oxygen atoms in total. The van der Waals surface area contributed by atoms with Crippen molar-refractivity contribution in [3.63, 3.8) is 0 Å². The van der Waals surface area contributed by atoms with Crippen LogP contribution in [0, 0.1) is 11.7 Å². The highest BCUT2D eigenvalue weighted by molar-refractivity contribution is 7.99. The number of rotatable bonds is 6. The fourth-order valence-electron chi connectivity index (χ4n) is 2.92. The second-order valence-electron chi connectivity index (χ2n) is 6.04. The summed E-state index contributed by atoms with van der Waals surface area (Å²) in [6.45, 7) is 0.758. The van der Waals surface area contributed by atoms with E-state index in [2.05, 4.69) is 20.5 Å². The van der Waals surface area contributed by atoms with Crippen molar-refractivity contribution in [2.75, 3.05) is 12.3 Å². The summed E-state index contributed by atoms with van der Waals surface area (Å²) in [6.07, 6.45) is 6.27. The van der Waals surface area contributed by atoms with Crippen LogP contribution in [-0.4, -0.2) is 33.4 Å². The van der Waals surface area contributed by atoms with Crippen molar-refractivity contribution < 1.29 is 9.18 Å². The summed E-state index contributed by atoms with van der Waals surface area (Å²) >= 11 is 1.25. The van der Waals surface area contributed by atoms with Gasteiger partial charge in [-0.1, -0.05) is 43.2 Å². The number of aromatic amines is 1. The van der Waals surface area contributed by atoms with Crippen molar-refractivity contribution in [1.29, 1.82) is 0 Å². The molecule has 7 heteroatoms. The predicted molar refractivity (Wildman–Crippen MR) is 92.1 cm³/mol. The van der Waals surface area contributed by atoms with Gasteiger partial charge in [0, 0.05) is 6.54 Å². The smallest absolute Gasteiger partial charge is 0.230 e. The second-order valence-corrected chi connectivity index (χ2v) is 6.99. The third kappa shape index (κ3) is 4.56. The number of nitrogens with zero attached hydrogens (tertiary/aromatic N) is 2. The molecule has 0 aliphatic heterocycles. The van der Waals surface area contributed by atoms with E-state index in [1.165, 1.54) is 49.9 Å². The van der Waals surface area contributed by atoms with Crippen molar-refractivity contribution in [3.8, 4) is 11.4 Å². The van der Waals surface area contributed by atoms with Crippen LogP contribution < -0.4 is 5.32 Å². The van der Waals surface area contributed by atoms with Crippen LogP contribution in [0.4, 0.5) is 4.39 Å². The highest BCUT2D eigenvalue weighted by Crippen LogP contribution is 2.23. The molecule has 24 heavy (non-hydrogen) atoms. The van der Waals surface area contributed by atoms with Gasteiger partial charge in [0.2, 0.25) is 11.1 Å². The number of H-pyrrole nitrogens is 1. The molecule has 0 unspecified atom stereocenters. The lowest BCUT2D eigenvalue weighted by Gasteiger charge is -2.21. The number of hydrogen-bond donors (Lipinski definition) is 2. The maximum absolute atomic E-state index is 13.7. The molecule has 0 saturated heterocycles. The Hall–Kier alpha value is -1.89. The van der Waals surface area contributed by atoms with Crippen LogP contribution in [0.25, 0.3) is 11.4 Å². The second kappa shape index (κ2) is 8.28. The van der Waals surface area contributed by atoms with Gasteiger partial charge in [-0.15, -0.1) is 5.10 Å². The van der Waals surface area contributed by atoms with Crippen molar-refractivity contribution in [1.82, 2.24) is 20.5 Å². The third-order valence-electron chi connectivity index (χ3n) is 4.24. The zero-order valence-corrected chi connectivity index (χ0v) is 14.2. The van der Waals surface area contributed by atoms with Crippen molar-refractivity contribution >= 4 is 17.7 Å². The summed E-state index contributed by atoms with van der Waals surface area (Å²) in [5.41, 5.74) is 0.374. The molecule has 1 aromatic heterocycles. The molecule has 0 radical (unpaired) electrons. The lowest BCUT2D eigenvalue weighted by molar-refractivity contribution is -0.118. The molecule has 3 rings (SSSR count). The van der Waals surface area contributed by atoms with Gasteiger partial charge >= 0.3 is 0 Å². The zero-order chi connectivity index (χ0) is 16.8. The minimum Gasteiger partial charge on any atom is -0.355 e. The Morgan fingerprint density at radius 2 is 2.08 bits per heavy atom. The predicted octanol–water partition coefficient (Wildman–Crippen LogP) is 3.40. The van der Waals surface area contributed by atoms with Gasteiger partial charge in [-0.2, -0.15) is 0 Å². The minimum atomic E-state index is -0.351. The average Bonchev–Trinajstić information content (AvgIpc) is 3.08. The first-order valence-electron chi connectivity index (χ1n) is 8.29. The lowest BCUT2D eigenvalue weighted by Crippen LogP contribution is -2.31. The number of nitrogens with one attached hydrogen (secondary N) is 2. The van der Waals surface area contributed by atoms with Crippen LogP contribution in [0.3, 0.4) is 0 Å². The maximum atomic E-state index is 13.7. The first kappa shape index (κ1) is 17.0. The number of benzene rings is 1. The normalized spacial score (nSPS) is 15.4. The summed E-state index contributed by atoms with van der Waals surface area (Å²) in [7, 11) is 0. The van der Waals surface area contributed by atoms with Gasteiger partial charge < -0.3 is 5.32 Å². The summed E-state index contributed by atoms with van der Waals surface area (Å²) in [4.78, 5) is 16.2. The number of carbonyl (C=O) groups excluding carboxylic acids is 1. The maximum Gasteiger partial charge on any atom is 0.230 e. The number of amides is 1. The number of aromatic nitrogens is 3. The highest BCUT2D eigenvalue weighted by Gasteiger charge is 2.15. The van der Waals surface area contributed by atoms with Crippen LogP contribution in [0.15, 0.2) is 29.4 Å². The Balaban J connectivity index is 1.46. The SMILES string of the molecule is O=C(CSc1n[nH]c(-c2ccccc2F)n1)NCC1CCCCC1. The van der Waals surface area contributed by atoms with Crippen LogP contribution in [0.1, 0.15) is 32.1 Å². The first-order valence-corrected chi connectivity index (χ1v) is 9.28. The summed E-state index contributed by atoms with van der Waals surface area (Å²) in [5, 5.41) is 10.2. The molecule has 1 heterocycles. The topological polar surface area (TPSA) is 70.7 Å². The number of hydrogen-bond acceptors (Lipinski definition) is 4. The van der Waals surface area contributed by atoms with E-state index in [4.69, 9.17) is 0 Å². The number of halogens is 1. The van der Waals surface area contributed by atoms with E-state index in [1.54, 1.807) is 18.2 Å². The molecule has 1 amide bonds. The molecule has 1 aliphatic carbocycles. The van der Waals surface area contributed by atoms with Gasteiger partial charge in [0.05, 0.1) is 11.3 Å². The summed E-state index contributed by atoms with van der Waals surface area (Å²) in [6, 6.07) is 6.39. The molecule has 0 spiro atoms. The largest absolute Gasteiger partial charge is 0.355 e.